The van der Waals surface area contributed by atoms with Gasteiger partial charge in [-0.25, -0.2) is 0 Å². The molecule has 0 spiro atoms. The maximum atomic E-state index is 12.1. The summed E-state index contributed by atoms with van der Waals surface area (Å²) in [6.45, 7) is 5.82. The molecule has 1 atom stereocenters. The van der Waals surface area contributed by atoms with E-state index in [1.807, 2.05) is 49.8 Å². The van der Waals surface area contributed by atoms with Crippen LogP contribution >= 0.6 is 11.6 Å². The highest BCUT2D eigenvalue weighted by Crippen LogP contribution is 2.20. The molecule has 1 N–H and O–H groups in total. The first-order valence-electron chi connectivity index (χ1n) is 6.53. The van der Waals surface area contributed by atoms with Crippen molar-refractivity contribution in [3.63, 3.8) is 0 Å². The van der Waals surface area contributed by atoms with Gasteiger partial charge in [-0.2, -0.15) is 5.10 Å². The summed E-state index contributed by atoms with van der Waals surface area (Å²) in [6.07, 6.45) is 2.27. The summed E-state index contributed by atoms with van der Waals surface area (Å²) in [5.74, 6) is -0.0314. The molecule has 2 rings (SSSR count). The number of aromatic nitrogens is 2. The lowest BCUT2D eigenvalue weighted by Gasteiger charge is -2.13. The lowest BCUT2D eigenvalue weighted by Crippen LogP contribution is -2.18. The molecule has 0 aliphatic rings. The van der Waals surface area contributed by atoms with E-state index >= 15 is 0 Å². The summed E-state index contributed by atoms with van der Waals surface area (Å²) < 4.78 is 1.81. The number of nitrogens with one attached hydrogen (secondary N) is 1. The van der Waals surface area contributed by atoms with Crippen LogP contribution in [0.4, 0.5) is 5.69 Å². The second-order valence-corrected chi connectivity index (χ2v) is 5.43. The number of carbonyl (C=O) groups is 1. The van der Waals surface area contributed by atoms with Crippen LogP contribution in [0.25, 0.3) is 0 Å². The van der Waals surface area contributed by atoms with E-state index in [0.717, 1.165) is 16.9 Å². The lowest BCUT2D eigenvalue weighted by molar-refractivity contribution is -0.116. The number of amides is 1. The number of hydrogen-bond acceptors (Lipinski definition) is 2. The van der Waals surface area contributed by atoms with Gasteiger partial charge in [0.2, 0.25) is 5.91 Å². The van der Waals surface area contributed by atoms with Crippen molar-refractivity contribution in [2.45, 2.75) is 33.2 Å². The first-order chi connectivity index (χ1) is 9.45. The molecule has 20 heavy (non-hydrogen) atoms. The number of nitrogens with zero attached hydrogens (tertiary/aromatic N) is 2. The van der Waals surface area contributed by atoms with Crippen LogP contribution in [0.15, 0.2) is 30.5 Å². The Kier molecular flexibility index (Phi) is 4.45. The van der Waals surface area contributed by atoms with Gasteiger partial charge in [0.25, 0.3) is 0 Å². The standard InChI is InChI=1S/C15H18ClN3O/c1-10-8-13(16)4-5-14(10)17-15(20)9-12(3)19-7-6-11(2)18-19/h4-8,12H,9H2,1-3H3,(H,17,20)/t12-/m0/s1. The third-order valence-electron chi connectivity index (χ3n) is 3.14. The smallest absolute Gasteiger partial charge is 0.226 e. The van der Waals surface area contributed by atoms with E-state index in [9.17, 15) is 4.79 Å². The molecule has 4 nitrogen and oxygen atoms in total. The lowest BCUT2D eigenvalue weighted by atomic mass is 10.2. The van der Waals surface area contributed by atoms with Gasteiger partial charge in [0, 0.05) is 23.3 Å². The number of aryl methyl sites for hydroxylation is 2. The minimum absolute atomic E-state index is 0.0244. The monoisotopic (exact) mass is 291 g/mol. The first-order valence-corrected chi connectivity index (χ1v) is 6.91. The van der Waals surface area contributed by atoms with Gasteiger partial charge in [0.05, 0.1) is 11.7 Å². The molecule has 106 valence electrons. The molecule has 0 aliphatic heterocycles. The Bertz CT molecular complexity index is 621. The number of anilines is 1. The quantitative estimate of drug-likeness (QED) is 0.933. The summed E-state index contributed by atoms with van der Waals surface area (Å²) in [4.78, 5) is 12.1. The number of rotatable bonds is 4. The van der Waals surface area contributed by atoms with Crippen molar-refractivity contribution in [2.24, 2.45) is 0 Å². The Morgan fingerprint density at radius 3 is 2.75 bits per heavy atom. The highest BCUT2D eigenvalue weighted by Gasteiger charge is 2.12. The molecule has 1 aromatic heterocycles. The van der Waals surface area contributed by atoms with Crippen LogP contribution in [0.1, 0.15) is 30.6 Å². The molecule has 1 amide bonds. The van der Waals surface area contributed by atoms with Crippen molar-refractivity contribution >= 4 is 23.2 Å². The molecule has 1 heterocycles. The van der Waals surface area contributed by atoms with Crippen LogP contribution < -0.4 is 5.32 Å². The number of benzene rings is 1. The molecule has 0 radical (unpaired) electrons. The molecule has 5 heteroatoms. The molecule has 0 aliphatic carbocycles. The summed E-state index contributed by atoms with van der Waals surface area (Å²) in [6, 6.07) is 7.37. The van der Waals surface area contributed by atoms with Gasteiger partial charge in [-0.05, 0) is 50.6 Å². The van der Waals surface area contributed by atoms with Gasteiger partial charge in [-0.1, -0.05) is 11.6 Å². The van der Waals surface area contributed by atoms with E-state index in [4.69, 9.17) is 11.6 Å². The number of halogens is 1. The minimum Gasteiger partial charge on any atom is -0.326 e. The second-order valence-electron chi connectivity index (χ2n) is 5.00. The van der Waals surface area contributed by atoms with Crippen molar-refractivity contribution in [3.8, 4) is 0 Å². The molecule has 2 aromatic rings. The Hall–Kier alpha value is -1.81. The second kappa shape index (κ2) is 6.09. The molecule has 0 unspecified atom stereocenters. The SMILES string of the molecule is Cc1ccn([C@@H](C)CC(=O)Nc2ccc(Cl)cc2C)n1. The predicted octanol–water partition coefficient (Wildman–Crippen LogP) is 3.74. The van der Waals surface area contributed by atoms with E-state index in [1.54, 1.807) is 6.07 Å². The maximum absolute atomic E-state index is 12.1. The molecule has 0 saturated carbocycles. The summed E-state index contributed by atoms with van der Waals surface area (Å²) in [5, 5.41) is 7.89. The zero-order valence-corrected chi connectivity index (χ0v) is 12.6. The first kappa shape index (κ1) is 14.6. The van der Waals surface area contributed by atoms with Gasteiger partial charge in [-0.3, -0.25) is 9.48 Å². The van der Waals surface area contributed by atoms with Crippen LogP contribution in [0.3, 0.4) is 0 Å². The van der Waals surface area contributed by atoms with Crippen molar-refractivity contribution in [3.05, 3.63) is 46.7 Å². The normalized spacial score (nSPS) is 12.2. The fourth-order valence-corrected chi connectivity index (χ4v) is 2.24. The maximum Gasteiger partial charge on any atom is 0.226 e. The Morgan fingerprint density at radius 2 is 2.15 bits per heavy atom. The molecule has 1 aromatic carbocycles. The zero-order valence-electron chi connectivity index (χ0n) is 11.9. The van der Waals surface area contributed by atoms with E-state index < -0.39 is 0 Å². The summed E-state index contributed by atoms with van der Waals surface area (Å²) >= 11 is 5.90. The molecular formula is C15H18ClN3O. The van der Waals surface area contributed by atoms with Gasteiger partial charge in [0.15, 0.2) is 0 Å². The Balaban J connectivity index is 1.98. The van der Waals surface area contributed by atoms with Crippen molar-refractivity contribution in [2.75, 3.05) is 5.32 Å². The van der Waals surface area contributed by atoms with E-state index in [0.29, 0.717) is 11.4 Å². The average molecular weight is 292 g/mol. The zero-order chi connectivity index (χ0) is 14.7. The van der Waals surface area contributed by atoms with E-state index in [2.05, 4.69) is 10.4 Å². The van der Waals surface area contributed by atoms with Crippen LogP contribution in [-0.2, 0) is 4.79 Å². The molecule has 0 saturated heterocycles. The van der Waals surface area contributed by atoms with Crippen molar-refractivity contribution < 1.29 is 4.79 Å². The molecule has 0 fully saturated rings. The van der Waals surface area contributed by atoms with Gasteiger partial charge >= 0.3 is 0 Å². The third-order valence-corrected chi connectivity index (χ3v) is 3.37. The summed E-state index contributed by atoms with van der Waals surface area (Å²) in [5.41, 5.74) is 2.70. The topological polar surface area (TPSA) is 46.9 Å². The average Bonchev–Trinajstić information content (AvgIpc) is 2.79. The fourth-order valence-electron chi connectivity index (χ4n) is 2.01. The largest absolute Gasteiger partial charge is 0.326 e. The van der Waals surface area contributed by atoms with Gasteiger partial charge < -0.3 is 5.32 Å². The predicted molar refractivity (Wildman–Crippen MR) is 81.1 cm³/mol. The van der Waals surface area contributed by atoms with Crippen LogP contribution in [-0.4, -0.2) is 15.7 Å². The van der Waals surface area contributed by atoms with Crippen LogP contribution in [0, 0.1) is 13.8 Å². The van der Waals surface area contributed by atoms with E-state index in [1.165, 1.54) is 0 Å². The number of carbonyl (C=O) groups excluding carboxylic acids is 1. The Labute approximate surface area is 123 Å². The van der Waals surface area contributed by atoms with Gasteiger partial charge in [0.1, 0.15) is 0 Å². The van der Waals surface area contributed by atoms with Crippen LogP contribution in [0.5, 0.6) is 0 Å². The van der Waals surface area contributed by atoms with E-state index in [-0.39, 0.29) is 11.9 Å². The van der Waals surface area contributed by atoms with Crippen molar-refractivity contribution in [1.82, 2.24) is 9.78 Å². The van der Waals surface area contributed by atoms with Crippen molar-refractivity contribution in [1.29, 1.82) is 0 Å². The van der Waals surface area contributed by atoms with Crippen LogP contribution in [0.2, 0.25) is 5.02 Å². The minimum atomic E-state index is -0.0314. The Morgan fingerprint density at radius 1 is 1.40 bits per heavy atom. The fraction of sp³-hybridized carbons (Fsp3) is 0.333. The van der Waals surface area contributed by atoms with Gasteiger partial charge in [-0.15, -0.1) is 0 Å². The summed E-state index contributed by atoms with van der Waals surface area (Å²) in [7, 11) is 0. The number of hydrogen-bond donors (Lipinski definition) is 1. The highest BCUT2D eigenvalue weighted by atomic mass is 35.5. The third kappa shape index (κ3) is 3.61. The highest BCUT2D eigenvalue weighted by molar-refractivity contribution is 6.30. The molecular weight excluding hydrogens is 274 g/mol. The molecule has 0 bridgehead atoms.